The van der Waals surface area contributed by atoms with E-state index in [-0.39, 0.29) is 10.6 Å². The van der Waals surface area contributed by atoms with Gasteiger partial charge in [-0.1, -0.05) is 23.7 Å². The highest BCUT2D eigenvalue weighted by Gasteiger charge is 2.12. The van der Waals surface area contributed by atoms with Crippen molar-refractivity contribution in [1.82, 2.24) is 15.2 Å². The summed E-state index contributed by atoms with van der Waals surface area (Å²) in [7, 11) is 1.86. The van der Waals surface area contributed by atoms with Gasteiger partial charge >= 0.3 is 0 Å². The monoisotopic (exact) mass is 306 g/mol. The van der Waals surface area contributed by atoms with Crippen molar-refractivity contribution in [3.8, 4) is 0 Å². The minimum absolute atomic E-state index is 0.142. The van der Waals surface area contributed by atoms with Gasteiger partial charge in [-0.2, -0.15) is 5.10 Å². The number of H-pyrrole nitrogens is 1. The van der Waals surface area contributed by atoms with Crippen LogP contribution in [0.5, 0.6) is 0 Å². The predicted molar refractivity (Wildman–Crippen MR) is 81.6 cm³/mol. The Morgan fingerprint density at radius 3 is 3.00 bits per heavy atom. The number of aromatic nitrogens is 3. The zero-order valence-electron chi connectivity index (χ0n) is 10.6. The molecule has 0 unspecified atom stereocenters. The Hall–Kier alpha value is -1.92. The van der Waals surface area contributed by atoms with E-state index in [1.165, 1.54) is 6.20 Å². The molecule has 0 spiro atoms. The fourth-order valence-electron chi connectivity index (χ4n) is 1.92. The summed E-state index contributed by atoms with van der Waals surface area (Å²) in [4.78, 5) is 17.9. The number of benzene rings is 1. The van der Waals surface area contributed by atoms with Crippen molar-refractivity contribution < 1.29 is 0 Å². The van der Waals surface area contributed by atoms with Crippen LogP contribution in [0, 0.1) is 0 Å². The lowest BCUT2D eigenvalue weighted by molar-refractivity contribution is 0.888. The van der Waals surface area contributed by atoms with Crippen molar-refractivity contribution in [3.63, 3.8) is 0 Å². The van der Waals surface area contributed by atoms with E-state index in [4.69, 9.17) is 11.6 Å². The number of halogens is 1. The fraction of sp³-hybridized carbons (Fsp3) is 0.154. The molecular formula is C13H11ClN4OS. The van der Waals surface area contributed by atoms with Gasteiger partial charge in [0.1, 0.15) is 10.0 Å². The molecule has 7 heteroatoms. The largest absolute Gasteiger partial charge is 0.365 e. The summed E-state index contributed by atoms with van der Waals surface area (Å²) in [6.45, 7) is 0.574. The van der Waals surface area contributed by atoms with E-state index in [1.807, 2.05) is 36.2 Å². The molecule has 0 aliphatic heterocycles. The normalized spacial score (nSPS) is 10.9. The summed E-state index contributed by atoms with van der Waals surface area (Å²) >= 11 is 7.62. The third-order valence-corrected chi connectivity index (χ3v) is 4.29. The first-order valence-electron chi connectivity index (χ1n) is 5.94. The Labute approximate surface area is 123 Å². The summed E-state index contributed by atoms with van der Waals surface area (Å²) in [6.07, 6.45) is 1.54. The second-order valence-electron chi connectivity index (χ2n) is 4.33. The van der Waals surface area contributed by atoms with Crippen molar-refractivity contribution in [2.45, 2.75) is 6.54 Å². The Balaban J connectivity index is 1.90. The van der Waals surface area contributed by atoms with Gasteiger partial charge in [0.2, 0.25) is 0 Å². The van der Waals surface area contributed by atoms with Crippen LogP contribution in [0.1, 0.15) is 5.01 Å². The molecule has 2 heterocycles. The molecule has 102 valence electrons. The first kappa shape index (κ1) is 13.1. The van der Waals surface area contributed by atoms with Crippen molar-refractivity contribution in [3.05, 3.63) is 50.8 Å². The standard InChI is InChI=1S/C13H11ClN4OS/c1-18(9-6-15-17-13(19)12(9)14)7-11-16-8-4-2-3-5-10(8)20-11/h2-6H,7H2,1H3,(H,17,19). The van der Waals surface area contributed by atoms with Gasteiger partial charge in [-0.3, -0.25) is 4.79 Å². The predicted octanol–water partition coefficient (Wildman–Crippen LogP) is 2.67. The van der Waals surface area contributed by atoms with Crippen LogP contribution in [0.15, 0.2) is 35.3 Å². The molecule has 0 atom stereocenters. The third kappa shape index (κ3) is 2.39. The van der Waals surface area contributed by atoms with Crippen LogP contribution >= 0.6 is 22.9 Å². The Morgan fingerprint density at radius 1 is 1.40 bits per heavy atom. The third-order valence-electron chi connectivity index (χ3n) is 2.90. The molecule has 3 rings (SSSR count). The number of hydrogen-bond donors (Lipinski definition) is 1. The van der Waals surface area contributed by atoms with Crippen LogP contribution in [0.3, 0.4) is 0 Å². The number of fused-ring (bicyclic) bond motifs is 1. The molecule has 0 saturated carbocycles. The van der Waals surface area contributed by atoms with Gasteiger partial charge in [0.15, 0.2) is 0 Å². The van der Waals surface area contributed by atoms with Crippen molar-refractivity contribution in [2.75, 3.05) is 11.9 Å². The highest BCUT2D eigenvalue weighted by Crippen LogP contribution is 2.25. The van der Waals surface area contributed by atoms with Crippen LogP contribution in [0.25, 0.3) is 10.2 Å². The molecule has 0 aliphatic carbocycles. The highest BCUT2D eigenvalue weighted by atomic mass is 35.5. The SMILES string of the molecule is CN(Cc1nc2ccccc2s1)c1cn[nH]c(=O)c1Cl. The second kappa shape index (κ2) is 5.22. The van der Waals surface area contributed by atoms with E-state index in [9.17, 15) is 4.79 Å². The van der Waals surface area contributed by atoms with Crippen LogP contribution < -0.4 is 10.5 Å². The summed E-state index contributed by atoms with van der Waals surface area (Å²) < 4.78 is 1.14. The van der Waals surface area contributed by atoms with Gasteiger partial charge in [0.25, 0.3) is 5.56 Å². The fourth-order valence-corrected chi connectivity index (χ4v) is 3.17. The minimum atomic E-state index is -0.389. The molecule has 2 aromatic heterocycles. The zero-order chi connectivity index (χ0) is 14.1. The number of nitrogens with one attached hydrogen (secondary N) is 1. The van der Waals surface area contributed by atoms with Crippen LogP contribution in [-0.4, -0.2) is 22.2 Å². The number of hydrogen-bond acceptors (Lipinski definition) is 5. The molecule has 0 aliphatic rings. The van der Waals surface area contributed by atoms with E-state index in [1.54, 1.807) is 11.3 Å². The van der Waals surface area contributed by atoms with E-state index in [0.717, 1.165) is 15.2 Å². The molecule has 0 saturated heterocycles. The number of thiazole rings is 1. The molecule has 0 radical (unpaired) electrons. The van der Waals surface area contributed by atoms with Crippen LogP contribution in [0.2, 0.25) is 5.02 Å². The Bertz CT molecular complexity index is 780. The van der Waals surface area contributed by atoms with Crippen LogP contribution in [-0.2, 0) is 6.54 Å². The lowest BCUT2D eigenvalue weighted by atomic mass is 10.3. The number of para-hydroxylation sites is 1. The maximum atomic E-state index is 11.4. The summed E-state index contributed by atoms with van der Waals surface area (Å²) in [6, 6.07) is 7.98. The minimum Gasteiger partial charge on any atom is -0.365 e. The molecule has 0 amide bonds. The molecule has 0 fully saturated rings. The lowest BCUT2D eigenvalue weighted by Gasteiger charge is -2.17. The number of aromatic amines is 1. The maximum Gasteiger partial charge on any atom is 0.285 e. The topological polar surface area (TPSA) is 61.9 Å². The lowest BCUT2D eigenvalue weighted by Crippen LogP contribution is -2.20. The van der Waals surface area contributed by atoms with Gasteiger partial charge in [-0.15, -0.1) is 11.3 Å². The molecule has 5 nitrogen and oxygen atoms in total. The van der Waals surface area contributed by atoms with Gasteiger partial charge in [-0.05, 0) is 12.1 Å². The quantitative estimate of drug-likeness (QED) is 0.808. The maximum absolute atomic E-state index is 11.4. The summed E-state index contributed by atoms with van der Waals surface area (Å²) in [5, 5.41) is 7.18. The number of nitrogens with zero attached hydrogens (tertiary/aromatic N) is 3. The molecule has 3 aromatic rings. The van der Waals surface area contributed by atoms with Crippen molar-refractivity contribution in [1.29, 1.82) is 0 Å². The van der Waals surface area contributed by atoms with Crippen molar-refractivity contribution in [2.24, 2.45) is 0 Å². The highest BCUT2D eigenvalue weighted by molar-refractivity contribution is 7.18. The number of anilines is 1. The molecular weight excluding hydrogens is 296 g/mol. The summed E-state index contributed by atoms with van der Waals surface area (Å²) in [5.74, 6) is 0. The number of rotatable bonds is 3. The molecule has 1 aromatic carbocycles. The summed E-state index contributed by atoms with van der Waals surface area (Å²) in [5.41, 5.74) is 1.19. The van der Waals surface area contributed by atoms with Crippen LogP contribution in [0.4, 0.5) is 5.69 Å². The smallest absolute Gasteiger partial charge is 0.285 e. The van der Waals surface area contributed by atoms with Gasteiger partial charge < -0.3 is 4.90 Å². The van der Waals surface area contributed by atoms with E-state index in [0.29, 0.717) is 12.2 Å². The van der Waals surface area contributed by atoms with E-state index < -0.39 is 0 Å². The van der Waals surface area contributed by atoms with Gasteiger partial charge in [-0.25, -0.2) is 10.1 Å². The van der Waals surface area contributed by atoms with Gasteiger partial charge in [0.05, 0.1) is 28.6 Å². The Morgan fingerprint density at radius 2 is 2.20 bits per heavy atom. The zero-order valence-corrected chi connectivity index (χ0v) is 12.2. The van der Waals surface area contributed by atoms with Crippen molar-refractivity contribution >= 4 is 38.8 Å². The van der Waals surface area contributed by atoms with E-state index >= 15 is 0 Å². The Kier molecular flexibility index (Phi) is 3.42. The first-order chi connectivity index (χ1) is 9.65. The molecule has 0 bridgehead atoms. The average molecular weight is 307 g/mol. The average Bonchev–Trinajstić information content (AvgIpc) is 2.83. The molecule has 20 heavy (non-hydrogen) atoms. The first-order valence-corrected chi connectivity index (χ1v) is 7.13. The second-order valence-corrected chi connectivity index (χ2v) is 5.82. The molecule has 1 N–H and O–H groups in total. The van der Waals surface area contributed by atoms with E-state index in [2.05, 4.69) is 15.2 Å². The van der Waals surface area contributed by atoms with Gasteiger partial charge in [0, 0.05) is 7.05 Å².